The van der Waals surface area contributed by atoms with Crippen molar-refractivity contribution >= 4 is 11.7 Å². The van der Waals surface area contributed by atoms with Crippen molar-refractivity contribution in [3.05, 3.63) is 42.2 Å². The van der Waals surface area contributed by atoms with Gasteiger partial charge in [0, 0.05) is 30.1 Å². The van der Waals surface area contributed by atoms with Crippen molar-refractivity contribution in [1.82, 2.24) is 15.3 Å². The highest BCUT2D eigenvalue weighted by Crippen LogP contribution is 2.27. The summed E-state index contributed by atoms with van der Waals surface area (Å²) in [6.07, 6.45) is 5.74. The summed E-state index contributed by atoms with van der Waals surface area (Å²) in [5, 5.41) is 2.95. The van der Waals surface area contributed by atoms with E-state index >= 15 is 0 Å². The molecule has 5 heteroatoms. The van der Waals surface area contributed by atoms with Gasteiger partial charge in [-0.1, -0.05) is 0 Å². The summed E-state index contributed by atoms with van der Waals surface area (Å²) < 4.78 is 0. The molecule has 0 radical (unpaired) electrons. The SMILES string of the molecule is Nc1ccc(-c2cc(C(=O)NCC3CC3)ccn2)cn1. The minimum Gasteiger partial charge on any atom is -0.384 e. The van der Waals surface area contributed by atoms with Crippen LogP contribution in [0.1, 0.15) is 23.2 Å². The number of amides is 1. The van der Waals surface area contributed by atoms with Crippen LogP contribution in [-0.4, -0.2) is 22.4 Å². The molecule has 0 atom stereocenters. The van der Waals surface area contributed by atoms with Crippen molar-refractivity contribution in [2.75, 3.05) is 12.3 Å². The Kier molecular flexibility index (Phi) is 3.33. The standard InChI is InChI=1S/C15H16N4O/c16-14-4-3-12(9-18-14)13-7-11(5-6-17-13)15(20)19-8-10-1-2-10/h3-7,9-10H,1-2,8H2,(H2,16,18)(H,19,20). The highest BCUT2D eigenvalue weighted by Gasteiger charge is 2.21. The van der Waals surface area contributed by atoms with E-state index in [1.807, 2.05) is 6.07 Å². The molecule has 0 saturated heterocycles. The van der Waals surface area contributed by atoms with Crippen LogP contribution in [0.4, 0.5) is 5.82 Å². The van der Waals surface area contributed by atoms with Gasteiger partial charge in [-0.25, -0.2) is 4.98 Å². The summed E-state index contributed by atoms with van der Waals surface area (Å²) in [6.45, 7) is 0.764. The summed E-state index contributed by atoms with van der Waals surface area (Å²) in [4.78, 5) is 20.3. The summed E-state index contributed by atoms with van der Waals surface area (Å²) in [5.74, 6) is 1.08. The maximum Gasteiger partial charge on any atom is 0.251 e. The number of nitrogens with two attached hydrogens (primary N) is 1. The first-order valence-corrected chi connectivity index (χ1v) is 6.68. The molecule has 3 rings (SSSR count). The molecule has 1 saturated carbocycles. The fraction of sp³-hybridized carbons (Fsp3) is 0.267. The van der Waals surface area contributed by atoms with Crippen LogP contribution in [0.5, 0.6) is 0 Å². The quantitative estimate of drug-likeness (QED) is 0.887. The Bertz CT molecular complexity index is 620. The van der Waals surface area contributed by atoms with E-state index in [2.05, 4.69) is 15.3 Å². The Morgan fingerprint density at radius 1 is 1.30 bits per heavy atom. The number of aromatic nitrogens is 2. The van der Waals surface area contributed by atoms with Crippen LogP contribution in [0.25, 0.3) is 11.3 Å². The number of nitrogen functional groups attached to an aromatic ring is 1. The largest absolute Gasteiger partial charge is 0.384 e. The first-order valence-electron chi connectivity index (χ1n) is 6.68. The number of rotatable bonds is 4. The second-order valence-corrected chi connectivity index (χ2v) is 5.05. The first-order chi connectivity index (χ1) is 9.72. The number of hydrogen-bond acceptors (Lipinski definition) is 4. The van der Waals surface area contributed by atoms with Gasteiger partial charge in [0.15, 0.2) is 0 Å². The first kappa shape index (κ1) is 12.6. The Labute approximate surface area is 117 Å². The molecule has 0 aliphatic heterocycles. The van der Waals surface area contributed by atoms with Crippen LogP contribution in [0.15, 0.2) is 36.7 Å². The second-order valence-electron chi connectivity index (χ2n) is 5.05. The number of nitrogens with zero attached hydrogens (tertiary/aromatic N) is 2. The number of hydrogen-bond donors (Lipinski definition) is 2. The lowest BCUT2D eigenvalue weighted by molar-refractivity contribution is 0.0951. The van der Waals surface area contributed by atoms with Gasteiger partial charge in [0.1, 0.15) is 5.82 Å². The molecule has 102 valence electrons. The van der Waals surface area contributed by atoms with Crippen LogP contribution < -0.4 is 11.1 Å². The van der Waals surface area contributed by atoms with Gasteiger partial charge >= 0.3 is 0 Å². The minimum absolute atomic E-state index is 0.0519. The Hall–Kier alpha value is -2.43. The molecular formula is C15H16N4O. The lowest BCUT2D eigenvalue weighted by Crippen LogP contribution is -2.25. The molecule has 2 aromatic rings. The van der Waals surface area contributed by atoms with Gasteiger partial charge in [-0.3, -0.25) is 9.78 Å². The fourth-order valence-corrected chi connectivity index (χ4v) is 1.95. The average Bonchev–Trinajstić information content (AvgIpc) is 3.30. The Morgan fingerprint density at radius 2 is 2.15 bits per heavy atom. The monoisotopic (exact) mass is 268 g/mol. The molecule has 0 unspecified atom stereocenters. The number of carbonyl (C=O) groups excluding carboxylic acids is 1. The molecule has 0 aromatic carbocycles. The number of nitrogens with one attached hydrogen (secondary N) is 1. The molecule has 0 bridgehead atoms. The summed E-state index contributed by atoms with van der Waals surface area (Å²) >= 11 is 0. The molecule has 2 aromatic heterocycles. The van der Waals surface area contributed by atoms with Crippen molar-refractivity contribution in [2.45, 2.75) is 12.8 Å². The molecule has 0 spiro atoms. The smallest absolute Gasteiger partial charge is 0.251 e. The molecule has 1 fully saturated rings. The normalized spacial score (nSPS) is 14.0. The minimum atomic E-state index is -0.0519. The second kappa shape index (κ2) is 5.28. The van der Waals surface area contributed by atoms with Gasteiger partial charge in [-0.2, -0.15) is 0 Å². The van der Waals surface area contributed by atoms with Crippen LogP contribution in [0.2, 0.25) is 0 Å². The Balaban J connectivity index is 1.77. The van der Waals surface area contributed by atoms with Crippen LogP contribution in [0.3, 0.4) is 0 Å². The van der Waals surface area contributed by atoms with Crippen molar-refractivity contribution in [2.24, 2.45) is 5.92 Å². The highest BCUT2D eigenvalue weighted by atomic mass is 16.1. The van der Waals surface area contributed by atoms with Crippen LogP contribution in [0, 0.1) is 5.92 Å². The number of carbonyl (C=O) groups is 1. The predicted molar refractivity (Wildman–Crippen MR) is 76.9 cm³/mol. The topological polar surface area (TPSA) is 80.9 Å². The summed E-state index contributed by atoms with van der Waals surface area (Å²) in [7, 11) is 0. The molecule has 5 nitrogen and oxygen atoms in total. The fourth-order valence-electron chi connectivity index (χ4n) is 1.95. The van der Waals surface area contributed by atoms with Gasteiger partial charge in [-0.15, -0.1) is 0 Å². The number of anilines is 1. The van der Waals surface area contributed by atoms with Crippen molar-refractivity contribution in [3.8, 4) is 11.3 Å². The lowest BCUT2D eigenvalue weighted by atomic mass is 10.1. The maximum atomic E-state index is 12.0. The van der Waals surface area contributed by atoms with E-state index in [4.69, 9.17) is 5.73 Å². The van der Waals surface area contributed by atoms with E-state index in [0.29, 0.717) is 17.3 Å². The van der Waals surface area contributed by atoms with E-state index < -0.39 is 0 Å². The zero-order chi connectivity index (χ0) is 13.9. The van der Waals surface area contributed by atoms with Gasteiger partial charge in [0.05, 0.1) is 5.69 Å². The third-order valence-corrected chi connectivity index (χ3v) is 3.35. The molecular weight excluding hydrogens is 252 g/mol. The highest BCUT2D eigenvalue weighted by molar-refractivity contribution is 5.95. The van der Waals surface area contributed by atoms with Crippen molar-refractivity contribution in [1.29, 1.82) is 0 Å². The van der Waals surface area contributed by atoms with Gasteiger partial charge < -0.3 is 11.1 Å². The third-order valence-electron chi connectivity index (χ3n) is 3.35. The molecule has 1 aliphatic rings. The van der Waals surface area contributed by atoms with E-state index in [1.165, 1.54) is 12.8 Å². The number of pyridine rings is 2. The van der Waals surface area contributed by atoms with Gasteiger partial charge in [0.2, 0.25) is 0 Å². The summed E-state index contributed by atoms with van der Waals surface area (Å²) in [6, 6.07) is 7.05. The van der Waals surface area contributed by atoms with E-state index in [1.54, 1.807) is 30.6 Å². The molecule has 3 N–H and O–H groups in total. The van der Waals surface area contributed by atoms with Gasteiger partial charge in [-0.05, 0) is 43.0 Å². The van der Waals surface area contributed by atoms with E-state index in [9.17, 15) is 4.79 Å². The van der Waals surface area contributed by atoms with Crippen molar-refractivity contribution in [3.63, 3.8) is 0 Å². The average molecular weight is 268 g/mol. The summed E-state index contributed by atoms with van der Waals surface area (Å²) in [5.41, 5.74) is 7.74. The van der Waals surface area contributed by atoms with Crippen molar-refractivity contribution < 1.29 is 4.79 Å². The zero-order valence-corrected chi connectivity index (χ0v) is 11.0. The predicted octanol–water partition coefficient (Wildman–Crippen LogP) is 1.87. The maximum absolute atomic E-state index is 12.0. The molecule has 1 amide bonds. The van der Waals surface area contributed by atoms with E-state index in [0.717, 1.165) is 17.8 Å². The van der Waals surface area contributed by atoms with Crippen LogP contribution >= 0.6 is 0 Å². The zero-order valence-electron chi connectivity index (χ0n) is 11.0. The van der Waals surface area contributed by atoms with Gasteiger partial charge in [0.25, 0.3) is 5.91 Å². The van der Waals surface area contributed by atoms with E-state index in [-0.39, 0.29) is 5.91 Å². The molecule has 1 aliphatic carbocycles. The third kappa shape index (κ3) is 2.93. The lowest BCUT2D eigenvalue weighted by Gasteiger charge is -2.06. The molecule has 20 heavy (non-hydrogen) atoms. The molecule has 2 heterocycles. The Morgan fingerprint density at radius 3 is 2.85 bits per heavy atom. The van der Waals surface area contributed by atoms with Crippen LogP contribution in [-0.2, 0) is 0 Å².